The highest BCUT2D eigenvalue weighted by molar-refractivity contribution is 7.92. The van der Waals surface area contributed by atoms with Crippen molar-refractivity contribution in [3.05, 3.63) is 72.3 Å². The molecule has 3 aromatic rings. The molecule has 3 rings (SSSR count). The van der Waals surface area contributed by atoms with Crippen molar-refractivity contribution >= 4 is 27.3 Å². The number of nitrogens with zero attached hydrogens (tertiary/aromatic N) is 1. The van der Waals surface area contributed by atoms with Gasteiger partial charge in [0, 0.05) is 6.07 Å². The smallest absolute Gasteiger partial charge is 0.264 e. The van der Waals surface area contributed by atoms with Gasteiger partial charge in [0.1, 0.15) is 29.6 Å². The minimum absolute atomic E-state index is 0.132. The van der Waals surface area contributed by atoms with Crippen molar-refractivity contribution in [2.24, 2.45) is 0 Å². The second kappa shape index (κ2) is 11.0. The first kappa shape index (κ1) is 25.8. The Morgan fingerprint density at radius 1 is 0.943 bits per heavy atom. The molecule has 11 heteroatoms. The number of amides is 1. The monoisotopic (exact) mass is 506 g/mol. The maximum absolute atomic E-state index is 14.0. The lowest BCUT2D eigenvalue weighted by Crippen LogP contribution is -2.38. The number of carbonyl (C=O) groups is 1. The van der Waals surface area contributed by atoms with Crippen LogP contribution in [0.25, 0.3) is 0 Å². The number of nitrogens with one attached hydrogen (secondary N) is 1. The van der Waals surface area contributed by atoms with Gasteiger partial charge in [-0.2, -0.15) is 0 Å². The number of rotatable bonds is 10. The van der Waals surface area contributed by atoms with E-state index < -0.39 is 39.8 Å². The first-order valence-electron chi connectivity index (χ1n) is 10.4. The molecule has 35 heavy (non-hydrogen) atoms. The maximum atomic E-state index is 14.0. The molecule has 0 radical (unpaired) electrons. The highest BCUT2D eigenvalue weighted by atomic mass is 32.2. The number of halogens is 2. The molecule has 0 fully saturated rings. The van der Waals surface area contributed by atoms with Gasteiger partial charge in [-0.25, -0.2) is 17.2 Å². The van der Waals surface area contributed by atoms with E-state index in [1.54, 1.807) is 19.1 Å². The fourth-order valence-electron chi connectivity index (χ4n) is 3.22. The van der Waals surface area contributed by atoms with Gasteiger partial charge in [-0.3, -0.25) is 9.10 Å². The quantitative estimate of drug-likeness (QED) is 0.443. The van der Waals surface area contributed by atoms with Gasteiger partial charge >= 0.3 is 0 Å². The zero-order valence-corrected chi connectivity index (χ0v) is 20.1. The lowest BCUT2D eigenvalue weighted by molar-refractivity contribution is -0.114. The zero-order chi connectivity index (χ0) is 25.6. The molecule has 0 bridgehead atoms. The third-order valence-electron chi connectivity index (χ3n) is 4.89. The van der Waals surface area contributed by atoms with E-state index in [2.05, 4.69) is 5.32 Å². The third kappa shape index (κ3) is 5.80. The standard InChI is InChI=1S/C24H24F2N2O6S/c1-4-34-17-10-8-16(9-11-17)28(15-23(29)27-24-19(25)6-5-7-20(24)26)35(30,31)18-12-13-21(32-2)22(14-18)33-3/h5-14H,4,15H2,1-3H3,(H,27,29). The minimum atomic E-state index is -4.34. The Labute approximate surface area is 202 Å². The summed E-state index contributed by atoms with van der Waals surface area (Å²) in [4.78, 5) is 12.6. The number of ether oxygens (including phenoxy) is 3. The van der Waals surface area contributed by atoms with Crippen LogP contribution in [-0.2, 0) is 14.8 Å². The molecular weight excluding hydrogens is 482 g/mol. The van der Waals surface area contributed by atoms with Crippen LogP contribution in [-0.4, -0.2) is 41.7 Å². The van der Waals surface area contributed by atoms with E-state index in [0.29, 0.717) is 18.1 Å². The van der Waals surface area contributed by atoms with Crippen LogP contribution < -0.4 is 23.8 Å². The summed E-state index contributed by atoms with van der Waals surface area (Å²) in [5.74, 6) is -1.96. The molecule has 1 amide bonds. The Balaban J connectivity index is 2.01. The van der Waals surface area contributed by atoms with E-state index in [0.717, 1.165) is 22.5 Å². The molecule has 0 saturated heterocycles. The van der Waals surface area contributed by atoms with Gasteiger partial charge in [-0.15, -0.1) is 0 Å². The summed E-state index contributed by atoms with van der Waals surface area (Å²) in [6.07, 6.45) is 0. The molecule has 0 aliphatic carbocycles. The second-order valence-electron chi connectivity index (χ2n) is 7.10. The molecular formula is C24H24F2N2O6S. The number of hydrogen-bond donors (Lipinski definition) is 1. The van der Waals surface area contributed by atoms with E-state index in [4.69, 9.17) is 14.2 Å². The van der Waals surface area contributed by atoms with Crippen LogP contribution in [0.15, 0.2) is 65.6 Å². The molecule has 8 nitrogen and oxygen atoms in total. The molecule has 0 spiro atoms. The number of hydrogen-bond acceptors (Lipinski definition) is 6. The summed E-state index contributed by atoms with van der Waals surface area (Å²) in [5.41, 5.74) is -0.542. The van der Waals surface area contributed by atoms with Crippen molar-refractivity contribution < 1.29 is 36.2 Å². The Kier molecular flexibility index (Phi) is 8.13. The predicted molar refractivity (Wildman–Crippen MR) is 127 cm³/mol. The molecule has 0 atom stereocenters. The number of anilines is 2. The van der Waals surface area contributed by atoms with Crippen LogP contribution in [0.5, 0.6) is 17.2 Å². The molecule has 0 aromatic heterocycles. The van der Waals surface area contributed by atoms with Gasteiger partial charge in [0.05, 0.1) is 31.4 Å². The molecule has 186 valence electrons. The summed E-state index contributed by atoms with van der Waals surface area (Å²) < 4.78 is 71.8. The van der Waals surface area contributed by atoms with Crippen LogP contribution in [0, 0.1) is 11.6 Å². The Morgan fingerprint density at radius 3 is 2.14 bits per heavy atom. The van der Waals surface area contributed by atoms with Crippen LogP contribution in [0.3, 0.4) is 0 Å². The highest BCUT2D eigenvalue weighted by Gasteiger charge is 2.29. The number of benzene rings is 3. The summed E-state index contributed by atoms with van der Waals surface area (Å²) in [6, 6.07) is 13.1. The number of methoxy groups -OCH3 is 2. The lowest BCUT2D eigenvalue weighted by atomic mass is 10.3. The second-order valence-corrected chi connectivity index (χ2v) is 8.96. The number of sulfonamides is 1. The van der Waals surface area contributed by atoms with Crippen LogP contribution in [0.2, 0.25) is 0 Å². The van der Waals surface area contributed by atoms with Gasteiger partial charge in [-0.1, -0.05) is 6.07 Å². The zero-order valence-electron chi connectivity index (χ0n) is 19.2. The fraction of sp³-hybridized carbons (Fsp3) is 0.208. The normalized spacial score (nSPS) is 11.0. The van der Waals surface area contributed by atoms with Crippen LogP contribution in [0.4, 0.5) is 20.2 Å². The van der Waals surface area contributed by atoms with Crippen molar-refractivity contribution in [1.29, 1.82) is 0 Å². The SMILES string of the molecule is CCOc1ccc(N(CC(=O)Nc2c(F)cccc2F)S(=O)(=O)c2ccc(OC)c(OC)c2)cc1. The van der Waals surface area contributed by atoms with Gasteiger partial charge in [0.2, 0.25) is 5.91 Å². The van der Waals surface area contributed by atoms with E-state index in [9.17, 15) is 22.0 Å². The first-order chi connectivity index (χ1) is 16.7. The fourth-order valence-corrected chi connectivity index (χ4v) is 4.66. The molecule has 0 unspecified atom stereocenters. The summed E-state index contributed by atoms with van der Waals surface area (Å²) in [7, 11) is -1.57. The number of para-hydroxylation sites is 1. The van der Waals surface area contributed by atoms with Gasteiger partial charge < -0.3 is 19.5 Å². The Bertz CT molecular complexity index is 1280. The summed E-state index contributed by atoms with van der Waals surface area (Å²) in [5, 5.41) is 2.11. The lowest BCUT2D eigenvalue weighted by Gasteiger charge is -2.25. The molecule has 0 heterocycles. The van der Waals surface area contributed by atoms with Crippen molar-refractivity contribution in [2.75, 3.05) is 37.0 Å². The average Bonchev–Trinajstić information content (AvgIpc) is 2.85. The molecule has 0 aliphatic rings. The van der Waals surface area contributed by atoms with Crippen molar-refractivity contribution in [3.63, 3.8) is 0 Å². The summed E-state index contributed by atoms with van der Waals surface area (Å²) >= 11 is 0. The maximum Gasteiger partial charge on any atom is 0.264 e. The van der Waals surface area contributed by atoms with E-state index in [1.165, 1.54) is 44.6 Å². The minimum Gasteiger partial charge on any atom is -0.494 e. The molecule has 3 aromatic carbocycles. The van der Waals surface area contributed by atoms with E-state index in [1.807, 2.05) is 0 Å². The third-order valence-corrected chi connectivity index (χ3v) is 6.66. The number of carbonyl (C=O) groups excluding carboxylic acids is 1. The van der Waals surface area contributed by atoms with E-state index >= 15 is 0 Å². The average molecular weight is 507 g/mol. The topological polar surface area (TPSA) is 94.2 Å². The van der Waals surface area contributed by atoms with Crippen LogP contribution >= 0.6 is 0 Å². The van der Waals surface area contributed by atoms with Crippen LogP contribution in [0.1, 0.15) is 6.92 Å². The molecule has 0 saturated carbocycles. The van der Waals surface area contributed by atoms with Gasteiger partial charge in [0.15, 0.2) is 11.5 Å². The van der Waals surface area contributed by atoms with Crippen molar-refractivity contribution in [2.45, 2.75) is 11.8 Å². The Hall–Kier alpha value is -3.86. The van der Waals surface area contributed by atoms with Gasteiger partial charge in [0.25, 0.3) is 10.0 Å². The van der Waals surface area contributed by atoms with E-state index in [-0.39, 0.29) is 16.3 Å². The summed E-state index contributed by atoms with van der Waals surface area (Å²) in [6.45, 7) is 1.44. The first-order valence-corrected chi connectivity index (χ1v) is 11.9. The van der Waals surface area contributed by atoms with Crippen molar-refractivity contribution in [3.8, 4) is 17.2 Å². The largest absolute Gasteiger partial charge is 0.494 e. The predicted octanol–water partition coefficient (Wildman–Crippen LogP) is 4.21. The molecule has 0 aliphatic heterocycles. The molecule has 1 N–H and O–H groups in total. The van der Waals surface area contributed by atoms with Crippen molar-refractivity contribution in [1.82, 2.24) is 0 Å². The van der Waals surface area contributed by atoms with Gasteiger partial charge in [-0.05, 0) is 55.5 Å². The Morgan fingerprint density at radius 2 is 1.57 bits per heavy atom. The highest BCUT2D eigenvalue weighted by Crippen LogP contribution is 2.32.